The van der Waals surface area contributed by atoms with Gasteiger partial charge in [0.15, 0.2) is 0 Å². The number of halogens is 2. The second-order valence-corrected chi connectivity index (χ2v) is 30.1. The summed E-state index contributed by atoms with van der Waals surface area (Å²) < 4.78 is 0. The molecule has 1 saturated heterocycles. The van der Waals surface area contributed by atoms with Gasteiger partial charge in [-0.3, -0.25) is 0 Å². The summed E-state index contributed by atoms with van der Waals surface area (Å²) in [5, 5.41) is -0.832. The van der Waals surface area contributed by atoms with Crippen LogP contribution in [0.2, 0.25) is 0 Å². The Morgan fingerprint density at radius 1 is 0.591 bits per heavy atom. The number of rotatable bonds is 2. The maximum atomic E-state index is 4.29. The second kappa shape index (κ2) is 5.38. The van der Waals surface area contributed by atoms with E-state index >= 15 is 0 Å². The second-order valence-electron chi connectivity index (χ2n) is 7.34. The first-order valence-corrected chi connectivity index (χ1v) is 17.9. The van der Waals surface area contributed by atoms with Gasteiger partial charge in [0.25, 0.3) is 0 Å². The topological polar surface area (TPSA) is 0 Å². The minimum atomic E-state index is -1.95. The average Bonchev–Trinajstić information content (AvgIpc) is 2.54. The van der Waals surface area contributed by atoms with Crippen molar-refractivity contribution in [2.45, 2.75) is 0 Å². The van der Waals surface area contributed by atoms with Crippen LogP contribution in [0, 0.1) is 0 Å². The zero-order valence-corrected chi connectivity index (χ0v) is 18.2. The fourth-order valence-corrected chi connectivity index (χ4v) is 22.4. The third-order valence-corrected chi connectivity index (χ3v) is 21.9. The monoisotopic (exact) mass is 460 g/mol. The zero-order chi connectivity index (χ0) is 15.9. The van der Waals surface area contributed by atoms with Gasteiger partial charge >= 0.3 is 151 Å². The van der Waals surface area contributed by atoms with Crippen LogP contribution in [0.15, 0.2) is 60.7 Å². The third kappa shape index (κ3) is 2.98. The van der Waals surface area contributed by atoms with E-state index in [0.717, 1.165) is 0 Å². The summed E-state index contributed by atoms with van der Waals surface area (Å²) in [5.41, 5.74) is 0. The molecule has 0 atom stereocenters. The Morgan fingerprint density at radius 2 is 0.864 bits per heavy atom. The molecule has 1 fully saturated rings. The number of hydrogen-bond donors (Lipinski definition) is 0. The van der Waals surface area contributed by atoms with E-state index in [4.69, 9.17) is 0 Å². The molecule has 0 saturated carbocycles. The summed E-state index contributed by atoms with van der Waals surface area (Å²) in [6, 6.07) is 22.2. The van der Waals surface area contributed by atoms with Crippen molar-refractivity contribution >= 4 is 52.2 Å². The molecule has 1 aliphatic rings. The van der Waals surface area contributed by atoms with Crippen molar-refractivity contribution in [2.24, 2.45) is 0 Å². The Bertz CT molecular complexity index is 603. The minimum absolute atomic E-state index is 1.28. The number of benzene rings is 2. The molecule has 3 rings (SSSR count). The molecule has 0 N–H and O–H groups in total. The van der Waals surface area contributed by atoms with E-state index in [1.807, 2.05) is 0 Å². The van der Waals surface area contributed by atoms with Crippen LogP contribution in [0.5, 0.6) is 0 Å². The molecular formula is C18H24Br2P2. The molecule has 4 heteroatoms. The summed E-state index contributed by atoms with van der Waals surface area (Å²) in [6.45, 7) is 5.02. The van der Waals surface area contributed by atoms with E-state index < -0.39 is 10.6 Å². The molecule has 2 aromatic carbocycles. The SMILES string of the molecule is CP1(Br)(c2ccccc2)CCP(C)(Br)(c2ccccc2)CC1. The van der Waals surface area contributed by atoms with Gasteiger partial charge in [-0.1, -0.05) is 0 Å². The van der Waals surface area contributed by atoms with Crippen molar-refractivity contribution in [1.29, 1.82) is 0 Å². The molecule has 0 radical (unpaired) electrons. The van der Waals surface area contributed by atoms with E-state index in [1.54, 1.807) is 0 Å². The van der Waals surface area contributed by atoms with Crippen LogP contribution in [-0.2, 0) is 0 Å². The maximum absolute atomic E-state index is 4.29. The van der Waals surface area contributed by atoms with Gasteiger partial charge in [0.1, 0.15) is 0 Å². The molecule has 0 spiro atoms. The Balaban J connectivity index is 1.95. The molecule has 0 unspecified atom stereocenters. The quantitative estimate of drug-likeness (QED) is 0.508. The van der Waals surface area contributed by atoms with Crippen LogP contribution < -0.4 is 10.6 Å². The molecule has 1 aliphatic heterocycles. The molecule has 0 bridgehead atoms. The van der Waals surface area contributed by atoms with Gasteiger partial charge in [0.05, 0.1) is 0 Å². The van der Waals surface area contributed by atoms with E-state index in [2.05, 4.69) is 105 Å². The molecule has 0 aromatic heterocycles. The first kappa shape index (κ1) is 17.1. The van der Waals surface area contributed by atoms with E-state index in [9.17, 15) is 0 Å². The standard InChI is InChI=1S/C18H24Br2P2/c1-21(19,17-9-5-3-6-10-17)13-15-22(2,20,16-14-21)18-11-7-4-8-12-18/h3-12H,13-16H2,1-2H3. The van der Waals surface area contributed by atoms with E-state index in [0.29, 0.717) is 0 Å². The van der Waals surface area contributed by atoms with Gasteiger partial charge in [-0.2, -0.15) is 0 Å². The first-order valence-electron chi connectivity index (χ1n) is 7.77. The Hall–Kier alpha value is 0.260. The molecule has 0 aliphatic carbocycles. The zero-order valence-electron chi connectivity index (χ0n) is 13.3. The molecule has 0 amide bonds. The van der Waals surface area contributed by atoms with Crippen LogP contribution in [0.25, 0.3) is 0 Å². The van der Waals surface area contributed by atoms with Gasteiger partial charge in [0, 0.05) is 0 Å². The van der Waals surface area contributed by atoms with Crippen molar-refractivity contribution in [2.75, 3.05) is 38.0 Å². The van der Waals surface area contributed by atoms with Crippen LogP contribution in [0.4, 0.5) is 0 Å². The third-order valence-electron chi connectivity index (χ3n) is 5.47. The summed E-state index contributed by atoms with van der Waals surface area (Å²) in [7, 11) is 0. The van der Waals surface area contributed by atoms with E-state index in [1.165, 1.54) is 35.3 Å². The fraction of sp³-hybridized carbons (Fsp3) is 0.333. The van der Waals surface area contributed by atoms with Crippen molar-refractivity contribution in [3.05, 3.63) is 60.7 Å². The van der Waals surface area contributed by atoms with Crippen molar-refractivity contribution in [3.8, 4) is 0 Å². The molecule has 2 aromatic rings. The Kier molecular flexibility index (Phi) is 4.18. The van der Waals surface area contributed by atoms with Crippen molar-refractivity contribution in [1.82, 2.24) is 0 Å². The first-order chi connectivity index (χ1) is 10.2. The Labute approximate surface area is 150 Å². The molecule has 120 valence electrons. The van der Waals surface area contributed by atoms with Crippen molar-refractivity contribution in [3.63, 3.8) is 0 Å². The van der Waals surface area contributed by atoms with Gasteiger partial charge in [-0.05, 0) is 0 Å². The van der Waals surface area contributed by atoms with Crippen molar-refractivity contribution < 1.29 is 0 Å². The summed E-state index contributed by atoms with van der Waals surface area (Å²) in [5.74, 6) is 0. The number of hydrogen-bond acceptors (Lipinski definition) is 0. The molecule has 22 heavy (non-hydrogen) atoms. The van der Waals surface area contributed by atoms with Crippen LogP contribution in [-0.4, -0.2) is 38.0 Å². The van der Waals surface area contributed by atoms with Crippen LogP contribution >= 0.6 is 41.6 Å². The van der Waals surface area contributed by atoms with Gasteiger partial charge in [-0.15, -0.1) is 0 Å². The molecular weight excluding hydrogens is 438 g/mol. The van der Waals surface area contributed by atoms with Gasteiger partial charge in [0.2, 0.25) is 0 Å². The van der Waals surface area contributed by atoms with Crippen LogP contribution in [0.1, 0.15) is 0 Å². The predicted octanol–water partition coefficient (Wildman–Crippen LogP) is 5.64. The summed E-state index contributed by atoms with van der Waals surface area (Å²) in [6.07, 6.45) is 5.13. The van der Waals surface area contributed by atoms with Gasteiger partial charge < -0.3 is 0 Å². The summed E-state index contributed by atoms with van der Waals surface area (Å²) in [4.78, 5) is 0. The average molecular weight is 462 g/mol. The molecule has 1 heterocycles. The van der Waals surface area contributed by atoms with Gasteiger partial charge in [-0.25, -0.2) is 0 Å². The predicted molar refractivity (Wildman–Crippen MR) is 115 cm³/mol. The molecule has 0 nitrogen and oxygen atoms in total. The van der Waals surface area contributed by atoms with E-state index in [-0.39, 0.29) is 0 Å². The summed E-state index contributed by atoms with van der Waals surface area (Å²) >= 11 is 8.57. The normalized spacial score (nSPS) is 28.4. The Morgan fingerprint density at radius 3 is 1.14 bits per heavy atom. The van der Waals surface area contributed by atoms with Crippen LogP contribution in [0.3, 0.4) is 0 Å². The fourth-order valence-electron chi connectivity index (χ4n) is 3.46.